The van der Waals surface area contributed by atoms with Crippen LogP contribution in [0, 0.1) is 18.3 Å². The van der Waals surface area contributed by atoms with Crippen molar-refractivity contribution in [2.45, 2.75) is 13.0 Å². The van der Waals surface area contributed by atoms with Crippen LogP contribution in [0.2, 0.25) is 0 Å². The Morgan fingerprint density at radius 1 is 1.36 bits per heavy atom. The summed E-state index contributed by atoms with van der Waals surface area (Å²) in [4.78, 5) is 14.5. The van der Waals surface area contributed by atoms with Gasteiger partial charge in [0.2, 0.25) is 5.91 Å². The van der Waals surface area contributed by atoms with Gasteiger partial charge in [-0.2, -0.15) is 0 Å². The van der Waals surface area contributed by atoms with Crippen molar-refractivity contribution in [3.63, 3.8) is 0 Å². The molecule has 0 saturated carbocycles. The van der Waals surface area contributed by atoms with E-state index in [0.29, 0.717) is 19.8 Å². The average Bonchev–Trinajstić information content (AvgIpc) is 3.25. The van der Waals surface area contributed by atoms with E-state index in [-0.39, 0.29) is 11.8 Å². The quantitative estimate of drug-likeness (QED) is 0.815. The molecule has 1 saturated heterocycles. The molecular weight excluding hydrogens is 278 g/mol. The summed E-state index contributed by atoms with van der Waals surface area (Å²) < 4.78 is 10.7. The van der Waals surface area contributed by atoms with Crippen LogP contribution in [0.25, 0.3) is 0 Å². The van der Waals surface area contributed by atoms with Crippen LogP contribution in [0.4, 0.5) is 5.69 Å². The number of nitrogens with zero attached hydrogens (tertiary/aromatic N) is 1. The van der Waals surface area contributed by atoms with Crippen molar-refractivity contribution in [2.75, 3.05) is 18.1 Å². The van der Waals surface area contributed by atoms with Crippen LogP contribution in [0.1, 0.15) is 17.7 Å². The number of carbonyl (C=O) groups is 1. The maximum Gasteiger partial charge on any atom is 0.232 e. The second-order valence-corrected chi connectivity index (χ2v) is 5.26. The van der Waals surface area contributed by atoms with E-state index in [4.69, 9.17) is 15.6 Å². The van der Waals surface area contributed by atoms with Gasteiger partial charge in [0.1, 0.15) is 5.76 Å². The normalized spacial score (nSPS) is 17.1. The molecule has 1 amide bonds. The molecule has 112 valence electrons. The second kappa shape index (κ2) is 6.50. The molecule has 1 aliphatic heterocycles. The van der Waals surface area contributed by atoms with Gasteiger partial charge < -0.3 is 14.1 Å². The zero-order valence-electron chi connectivity index (χ0n) is 12.2. The molecule has 22 heavy (non-hydrogen) atoms. The number of carbonyl (C=O) groups excluding carboxylic acids is 1. The first-order chi connectivity index (χ1) is 10.8. The minimum absolute atomic E-state index is 0.0445. The highest BCUT2D eigenvalue weighted by Gasteiger charge is 2.29. The molecule has 1 aliphatic rings. The predicted molar refractivity (Wildman–Crippen MR) is 83.2 cm³/mol. The lowest BCUT2D eigenvalue weighted by Crippen LogP contribution is -2.36. The average molecular weight is 295 g/mol. The van der Waals surface area contributed by atoms with Gasteiger partial charge >= 0.3 is 0 Å². The summed E-state index contributed by atoms with van der Waals surface area (Å²) in [6.45, 7) is 1.49. The highest BCUT2D eigenvalue weighted by Crippen LogP contribution is 2.24. The third-order valence-corrected chi connectivity index (χ3v) is 3.76. The van der Waals surface area contributed by atoms with Crippen molar-refractivity contribution in [3.05, 3.63) is 54.0 Å². The van der Waals surface area contributed by atoms with Crippen molar-refractivity contribution in [1.82, 2.24) is 0 Å². The molecule has 0 spiro atoms. The van der Waals surface area contributed by atoms with Crippen LogP contribution in [-0.4, -0.2) is 19.1 Å². The van der Waals surface area contributed by atoms with E-state index in [1.54, 1.807) is 11.2 Å². The van der Waals surface area contributed by atoms with Gasteiger partial charge in [-0.15, -0.1) is 6.42 Å². The monoisotopic (exact) mass is 295 g/mol. The van der Waals surface area contributed by atoms with Crippen molar-refractivity contribution >= 4 is 11.6 Å². The summed E-state index contributed by atoms with van der Waals surface area (Å²) in [7, 11) is 0. The van der Waals surface area contributed by atoms with Gasteiger partial charge in [0, 0.05) is 17.9 Å². The summed E-state index contributed by atoms with van der Waals surface area (Å²) in [5.74, 6) is 3.28. The molecule has 0 N–H and O–H groups in total. The molecule has 2 heterocycles. The summed E-state index contributed by atoms with van der Waals surface area (Å²) in [5, 5.41) is 0. The van der Waals surface area contributed by atoms with E-state index in [2.05, 4.69) is 5.92 Å². The minimum atomic E-state index is -0.107. The SMILES string of the molecule is C#Cc1cccc(N(Cc2ccco2)C(=O)[C@@H]2CCOC2)c1. The van der Waals surface area contributed by atoms with E-state index in [9.17, 15) is 4.79 Å². The summed E-state index contributed by atoms with van der Waals surface area (Å²) in [6.07, 6.45) is 7.82. The molecule has 0 radical (unpaired) electrons. The highest BCUT2D eigenvalue weighted by molar-refractivity contribution is 5.95. The number of ether oxygens (including phenoxy) is 1. The molecule has 2 aromatic rings. The van der Waals surface area contributed by atoms with Gasteiger partial charge in [0.25, 0.3) is 0 Å². The fourth-order valence-corrected chi connectivity index (χ4v) is 2.57. The number of anilines is 1. The molecule has 1 aromatic heterocycles. The molecular formula is C18H17NO3. The predicted octanol–water partition coefficient (Wildman–Crippen LogP) is 2.83. The van der Waals surface area contributed by atoms with Crippen LogP contribution in [-0.2, 0) is 16.1 Å². The van der Waals surface area contributed by atoms with Gasteiger partial charge in [-0.3, -0.25) is 4.79 Å². The molecule has 1 aromatic carbocycles. The first kappa shape index (κ1) is 14.4. The standard InChI is InChI=1S/C18H17NO3/c1-2-14-5-3-6-16(11-14)19(12-17-7-4-9-22-17)18(20)15-8-10-21-13-15/h1,3-7,9,11,15H,8,10,12-13H2/t15-/m1/s1. The lowest BCUT2D eigenvalue weighted by atomic mass is 10.1. The van der Waals surface area contributed by atoms with Crippen molar-refractivity contribution in [1.29, 1.82) is 0 Å². The maximum atomic E-state index is 12.8. The van der Waals surface area contributed by atoms with E-state index >= 15 is 0 Å². The maximum absolute atomic E-state index is 12.8. The largest absolute Gasteiger partial charge is 0.467 e. The van der Waals surface area contributed by atoms with Gasteiger partial charge in [-0.1, -0.05) is 12.0 Å². The Hall–Kier alpha value is -2.51. The third kappa shape index (κ3) is 3.05. The van der Waals surface area contributed by atoms with Crippen LogP contribution >= 0.6 is 0 Å². The molecule has 4 nitrogen and oxygen atoms in total. The molecule has 0 aliphatic carbocycles. The Morgan fingerprint density at radius 3 is 2.95 bits per heavy atom. The van der Waals surface area contributed by atoms with Crippen molar-refractivity contribution in [3.8, 4) is 12.3 Å². The van der Waals surface area contributed by atoms with Crippen LogP contribution < -0.4 is 4.90 Å². The molecule has 0 unspecified atom stereocenters. The van der Waals surface area contributed by atoms with E-state index in [0.717, 1.165) is 23.4 Å². The van der Waals surface area contributed by atoms with Crippen LogP contribution in [0.15, 0.2) is 47.1 Å². The van der Waals surface area contributed by atoms with Crippen molar-refractivity contribution in [2.24, 2.45) is 5.92 Å². The topological polar surface area (TPSA) is 42.7 Å². The molecule has 0 bridgehead atoms. The minimum Gasteiger partial charge on any atom is -0.467 e. The molecule has 4 heteroatoms. The lowest BCUT2D eigenvalue weighted by Gasteiger charge is -2.24. The number of benzene rings is 1. The molecule has 3 rings (SSSR count). The smallest absolute Gasteiger partial charge is 0.232 e. The van der Waals surface area contributed by atoms with Gasteiger partial charge in [0.15, 0.2) is 0 Å². The number of hydrogen-bond donors (Lipinski definition) is 0. The zero-order chi connectivity index (χ0) is 15.4. The zero-order valence-corrected chi connectivity index (χ0v) is 12.2. The Balaban J connectivity index is 1.90. The lowest BCUT2D eigenvalue weighted by molar-refractivity contribution is -0.122. The van der Waals surface area contributed by atoms with E-state index < -0.39 is 0 Å². The number of terminal acetylenes is 1. The number of amides is 1. The van der Waals surface area contributed by atoms with Crippen LogP contribution in [0.5, 0.6) is 0 Å². The fourth-order valence-electron chi connectivity index (χ4n) is 2.57. The summed E-state index contributed by atoms with van der Waals surface area (Å²) in [5.41, 5.74) is 1.53. The highest BCUT2D eigenvalue weighted by atomic mass is 16.5. The molecule has 1 fully saturated rings. The van der Waals surface area contributed by atoms with Gasteiger partial charge in [-0.25, -0.2) is 0 Å². The fraction of sp³-hybridized carbons (Fsp3) is 0.278. The first-order valence-electron chi connectivity index (χ1n) is 7.26. The molecule has 1 atom stereocenters. The van der Waals surface area contributed by atoms with Gasteiger partial charge in [-0.05, 0) is 36.8 Å². The summed E-state index contributed by atoms with van der Waals surface area (Å²) >= 11 is 0. The van der Waals surface area contributed by atoms with E-state index in [1.165, 1.54) is 0 Å². The second-order valence-electron chi connectivity index (χ2n) is 5.26. The number of furan rings is 1. The Morgan fingerprint density at radius 2 is 2.27 bits per heavy atom. The summed E-state index contributed by atoms with van der Waals surface area (Å²) in [6, 6.07) is 11.1. The first-order valence-corrected chi connectivity index (χ1v) is 7.26. The number of rotatable bonds is 4. The third-order valence-electron chi connectivity index (χ3n) is 3.76. The van der Waals surface area contributed by atoms with Crippen LogP contribution in [0.3, 0.4) is 0 Å². The van der Waals surface area contributed by atoms with Crippen molar-refractivity contribution < 1.29 is 13.9 Å². The Labute approximate surface area is 129 Å². The van der Waals surface area contributed by atoms with E-state index in [1.807, 2.05) is 36.4 Å². The Kier molecular flexibility index (Phi) is 4.27. The number of hydrogen-bond acceptors (Lipinski definition) is 3. The Bertz CT molecular complexity index is 679. The van der Waals surface area contributed by atoms with Gasteiger partial charge in [0.05, 0.1) is 25.3 Å².